The van der Waals surface area contributed by atoms with Crippen molar-refractivity contribution in [3.8, 4) is 0 Å². The number of nitrogens with zero attached hydrogens (tertiary/aromatic N) is 5. The number of thioether (sulfide) groups is 1. The van der Waals surface area contributed by atoms with Crippen molar-refractivity contribution < 1.29 is 33.9 Å². The number of anilines is 1. The second kappa shape index (κ2) is 10.1. The van der Waals surface area contributed by atoms with Gasteiger partial charge >= 0.3 is 11.9 Å². The number of oxime groups is 1. The van der Waals surface area contributed by atoms with Gasteiger partial charge in [0, 0.05) is 23.6 Å². The first-order chi connectivity index (χ1) is 16.8. The van der Waals surface area contributed by atoms with Gasteiger partial charge in [-0.15, -0.1) is 23.1 Å². The molecule has 2 amide bonds. The highest BCUT2D eigenvalue weighted by Crippen LogP contribution is 2.40. The SMILES string of the molecule is CC(=O)OCC1=C(C(=O)O)N2C(=O)[C@@H](NC(=O)C(=NOCc3cn[nH]n3)c3csc(N)n3)[C@H]2SC1. The lowest BCUT2D eigenvalue weighted by Crippen LogP contribution is -2.71. The van der Waals surface area contributed by atoms with Gasteiger partial charge in [0.2, 0.25) is 0 Å². The molecule has 5 N–H and O–H groups in total. The van der Waals surface area contributed by atoms with Crippen LogP contribution in [0, 0.1) is 0 Å². The number of ether oxygens (including phenoxy) is 1. The van der Waals surface area contributed by atoms with Gasteiger partial charge in [-0.3, -0.25) is 19.3 Å². The van der Waals surface area contributed by atoms with Crippen LogP contribution in [0.15, 0.2) is 28.0 Å². The quantitative estimate of drug-likeness (QED) is 0.136. The number of hydrogen-bond acceptors (Lipinski definition) is 13. The Balaban J connectivity index is 1.49. The maximum absolute atomic E-state index is 13.0. The number of nitrogens with two attached hydrogens (primary N) is 1. The highest BCUT2D eigenvalue weighted by molar-refractivity contribution is 8.00. The Labute approximate surface area is 204 Å². The number of hydrogen-bond donors (Lipinski definition) is 4. The molecule has 0 aromatic carbocycles. The monoisotopic (exact) mass is 522 g/mol. The second-order valence-electron chi connectivity index (χ2n) is 7.14. The van der Waals surface area contributed by atoms with Gasteiger partial charge in [0.15, 0.2) is 17.5 Å². The van der Waals surface area contributed by atoms with Gasteiger partial charge in [-0.1, -0.05) is 5.16 Å². The predicted molar refractivity (Wildman–Crippen MR) is 121 cm³/mol. The van der Waals surface area contributed by atoms with E-state index in [1.807, 2.05) is 0 Å². The minimum atomic E-state index is -1.34. The fourth-order valence-corrected chi connectivity index (χ4v) is 5.13. The summed E-state index contributed by atoms with van der Waals surface area (Å²) in [6.45, 7) is 0.867. The van der Waals surface area contributed by atoms with Crippen molar-refractivity contribution in [1.82, 2.24) is 30.6 Å². The number of aromatic amines is 1. The van der Waals surface area contributed by atoms with E-state index >= 15 is 0 Å². The van der Waals surface area contributed by atoms with Gasteiger partial charge in [0.1, 0.15) is 35.1 Å². The number of esters is 1. The number of β-lactam (4-membered cyclic amide) rings is 1. The van der Waals surface area contributed by atoms with Crippen LogP contribution in [0.3, 0.4) is 0 Å². The number of nitrogen functional groups attached to an aromatic ring is 1. The highest BCUT2D eigenvalue weighted by atomic mass is 32.2. The van der Waals surface area contributed by atoms with Gasteiger partial charge in [0.25, 0.3) is 11.8 Å². The average Bonchev–Trinajstić information content (AvgIpc) is 3.49. The summed E-state index contributed by atoms with van der Waals surface area (Å²) >= 11 is 2.32. The summed E-state index contributed by atoms with van der Waals surface area (Å²) in [5, 5.41) is 27.0. The Kier molecular flexibility index (Phi) is 6.97. The predicted octanol–water partition coefficient (Wildman–Crippen LogP) is -0.934. The number of aromatic nitrogens is 4. The zero-order valence-corrected chi connectivity index (χ0v) is 19.6. The molecule has 2 aromatic heterocycles. The molecule has 0 bridgehead atoms. The number of H-pyrrole nitrogens is 1. The van der Waals surface area contributed by atoms with E-state index in [1.54, 1.807) is 0 Å². The van der Waals surface area contributed by atoms with Crippen LogP contribution in [-0.4, -0.2) is 83.6 Å². The smallest absolute Gasteiger partial charge is 0.352 e. The largest absolute Gasteiger partial charge is 0.477 e. The molecular weight excluding hydrogens is 504 g/mol. The first-order valence-corrected chi connectivity index (χ1v) is 11.8. The lowest BCUT2D eigenvalue weighted by Gasteiger charge is -2.49. The topological polar surface area (TPSA) is 215 Å². The zero-order valence-electron chi connectivity index (χ0n) is 18.0. The van der Waals surface area contributed by atoms with E-state index in [1.165, 1.54) is 30.3 Å². The lowest BCUT2D eigenvalue weighted by atomic mass is 10.0. The number of carbonyl (C=O) groups is 4. The zero-order chi connectivity index (χ0) is 25.1. The number of thiazole rings is 1. The molecule has 0 radical (unpaired) electrons. The van der Waals surface area contributed by atoms with Crippen molar-refractivity contribution in [1.29, 1.82) is 0 Å². The molecule has 35 heavy (non-hydrogen) atoms. The Morgan fingerprint density at radius 2 is 2.20 bits per heavy atom. The van der Waals surface area contributed by atoms with Gasteiger partial charge in [-0.25, -0.2) is 9.78 Å². The number of amides is 2. The molecule has 0 aliphatic carbocycles. The maximum Gasteiger partial charge on any atom is 0.352 e. The van der Waals surface area contributed by atoms with E-state index in [0.717, 1.165) is 16.2 Å². The molecule has 184 valence electrons. The molecule has 1 fully saturated rings. The number of rotatable bonds is 9. The van der Waals surface area contributed by atoms with Crippen LogP contribution in [0.5, 0.6) is 0 Å². The molecule has 2 atom stereocenters. The molecule has 0 spiro atoms. The molecule has 1 saturated heterocycles. The normalized spacial score (nSPS) is 19.6. The van der Waals surface area contributed by atoms with Crippen LogP contribution in [0.25, 0.3) is 0 Å². The Bertz CT molecular complexity index is 1230. The first kappa shape index (κ1) is 24.1. The first-order valence-electron chi connectivity index (χ1n) is 9.86. The summed E-state index contributed by atoms with van der Waals surface area (Å²) < 4.78 is 4.91. The van der Waals surface area contributed by atoms with E-state index in [2.05, 4.69) is 30.9 Å². The van der Waals surface area contributed by atoms with Crippen molar-refractivity contribution in [2.24, 2.45) is 5.16 Å². The van der Waals surface area contributed by atoms with Gasteiger partial charge < -0.3 is 25.7 Å². The summed E-state index contributed by atoms with van der Waals surface area (Å²) in [4.78, 5) is 59.1. The standard InChI is InChI=1S/C18H18N8O7S2/c1-7(27)32-3-8-5-34-16-12(15(29)26(16)13(8)17(30)31)22-14(28)11(10-6-35-18(19)21-10)24-33-4-9-2-20-25-23-9/h2,6,12,16H,3-5H2,1H3,(H2,19,21)(H,22,28)(H,30,31)(H,20,23,25)/t12-,16-/m1/s1. The number of carbonyl (C=O) groups excluding carboxylic acids is 3. The fraction of sp³-hybridized carbons (Fsp3) is 0.333. The van der Waals surface area contributed by atoms with E-state index in [4.69, 9.17) is 15.3 Å². The molecule has 2 aliphatic rings. The third kappa shape index (κ3) is 5.09. The molecule has 4 rings (SSSR count). The maximum atomic E-state index is 13.0. The Morgan fingerprint density at radius 3 is 2.83 bits per heavy atom. The second-order valence-corrected chi connectivity index (χ2v) is 9.14. The summed E-state index contributed by atoms with van der Waals surface area (Å²) in [7, 11) is 0. The Morgan fingerprint density at radius 1 is 1.40 bits per heavy atom. The molecule has 2 aromatic rings. The number of fused-ring (bicyclic) bond motifs is 1. The molecule has 0 saturated carbocycles. The summed E-state index contributed by atoms with van der Waals surface area (Å²) in [5.41, 5.74) is 6.05. The van der Waals surface area contributed by atoms with Crippen LogP contribution < -0.4 is 11.1 Å². The molecule has 0 unspecified atom stereocenters. The van der Waals surface area contributed by atoms with Crippen LogP contribution >= 0.6 is 23.1 Å². The number of carboxylic acids is 1. The summed E-state index contributed by atoms with van der Waals surface area (Å²) in [5.74, 6) is -3.11. The van der Waals surface area contributed by atoms with E-state index in [9.17, 15) is 24.3 Å². The van der Waals surface area contributed by atoms with E-state index in [0.29, 0.717) is 5.69 Å². The van der Waals surface area contributed by atoms with Crippen molar-refractivity contribution in [2.75, 3.05) is 18.1 Å². The minimum Gasteiger partial charge on any atom is -0.477 e. The van der Waals surface area contributed by atoms with Crippen molar-refractivity contribution in [2.45, 2.75) is 24.9 Å². The molecule has 17 heteroatoms. The molecular formula is C18H18N8O7S2. The number of nitrogens with one attached hydrogen (secondary N) is 2. The van der Waals surface area contributed by atoms with Crippen LogP contribution in [0.2, 0.25) is 0 Å². The lowest BCUT2D eigenvalue weighted by molar-refractivity contribution is -0.150. The third-order valence-electron chi connectivity index (χ3n) is 4.80. The molecule has 4 heterocycles. The summed E-state index contributed by atoms with van der Waals surface area (Å²) in [6, 6.07) is -1.02. The van der Waals surface area contributed by atoms with Crippen molar-refractivity contribution in [3.05, 3.63) is 34.2 Å². The summed E-state index contributed by atoms with van der Waals surface area (Å²) in [6.07, 6.45) is 1.42. The van der Waals surface area contributed by atoms with E-state index in [-0.39, 0.29) is 46.8 Å². The van der Waals surface area contributed by atoms with Crippen molar-refractivity contribution >= 4 is 57.7 Å². The molecule has 15 nitrogen and oxygen atoms in total. The average molecular weight is 523 g/mol. The third-order valence-corrected chi connectivity index (χ3v) is 6.81. The number of carboxylic acid groups (broad SMARTS) is 1. The van der Waals surface area contributed by atoms with Crippen LogP contribution in [-0.2, 0) is 35.4 Å². The van der Waals surface area contributed by atoms with Gasteiger partial charge in [-0.2, -0.15) is 15.4 Å². The Hall–Kier alpha value is -3.99. The van der Waals surface area contributed by atoms with Crippen LogP contribution in [0.1, 0.15) is 18.3 Å². The molecule has 2 aliphatic heterocycles. The van der Waals surface area contributed by atoms with E-state index < -0.39 is 35.2 Å². The minimum absolute atomic E-state index is 0.0839. The highest BCUT2D eigenvalue weighted by Gasteiger charge is 2.54. The fourth-order valence-electron chi connectivity index (χ4n) is 3.25. The van der Waals surface area contributed by atoms with Gasteiger partial charge in [0.05, 0.1) is 6.20 Å². The van der Waals surface area contributed by atoms with Crippen LogP contribution in [0.4, 0.5) is 5.13 Å². The van der Waals surface area contributed by atoms with Gasteiger partial charge in [-0.05, 0) is 0 Å². The number of aliphatic carboxylic acids is 1. The van der Waals surface area contributed by atoms with Crippen molar-refractivity contribution in [3.63, 3.8) is 0 Å².